The highest BCUT2D eigenvalue weighted by Gasteiger charge is 2.46. The monoisotopic (exact) mass is 523 g/mol. The normalized spacial score (nSPS) is 21.3. The summed E-state index contributed by atoms with van der Waals surface area (Å²) in [6.07, 6.45) is 1.48. The number of halogens is 1. The van der Waals surface area contributed by atoms with E-state index in [0.29, 0.717) is 41.1 Å². The average molecular weight is 524 g/mol. The standard InChI is InChI=1S/C27H26FN3O5S/c1-3-27(35)16-8-20-24-14(10-31(20)25(33)15(16)11-36-26(27)34)23-18(29-21(32)6-7-37)5-4-13-12(2)17(28)9-19(30-24)22(13)23/h8-9,18,35,37H,3-7,10-11H2,1-2H3,(H,29,32)/t18-,27-/m0/s1. The summed E-state index contributed by atoms with van der Waals surface area (Å²) in [5, 5.41) is 15.1. The number of ether oxygens (including phenoxy) is 1. The fraction of sp³-hybridized carbons (Fsp3) is 0.407. The highest BCUT2D eigenvalue weighted by Crippen LogP contribution is 2.45. The van der Waals surface area contributed by atoms with Crippen LogP contribution < -0.4 is 10.9 Å². The molecule has 0 fully saturated rings. The van der Waals surface area contributed by atoms with Gasteiger partial charge < -0.3 is 19.7 Å². The Morgan fingerprint density at radius 3 is 2.84 bits per heavy atom. The summed E-state index contributed by atoms with van der Waals surface area (Å²) in [5.74, 6) is -0.868. The van der Waals surface area contributed by atoms with E-state index in [4.69, 9.17) is 9.72 Å². The van der Waals surface area contributed by atoms with E-state index in [1.54, 1.807) is 24.5 Å². The van der Waals surface area contributed by atoms with Gasteiger partial charge in [-0.1, -0.05) is 6.92 Å². The van der Waals surface area contributed by atoms with Crippen molar-refractivity contribution in [2.24, 2.45) is 0 Å². The van der Waals surface area contributed by atoms with Crippen LogP contribution in [0.5, 0.6) is 0 Å². The second kappa shape index (κ2) is 8.39. The SMILES string of the molecule is CC[C@@]1(O)C(=O)OCc2c1cc1n(c2=O)Cc2c-1nc1cc(F)c(C)c3c1c2[C@@H](NC(=O)CCS)CC3. The molecular weight excluding hydrogens is 497 g/mol. The van der Waals surface area contributed by atoms with E-state index >= 15 is 0 Å². The van der Waals surface area contributed by atoms with Crippen molar-refractivity contribution in [3.05, 3.63) is 61.7 Å². The van der Waals surface area contributed by atoms with E-state index in [1.165, 1.54) is 6.07 Å². The predicted octanol–water partition coefficient (Wildman–Crippen LogP) is 2.95. The van der Waals surface area contributed by atoms with E-state index < -0.39 is 11.6 Å². The lowest BCUT2D eigenvalue weighted by atomic mass is 9.81. The number of pyridine rings is 2. The van der Waals surface area contributed by atoms with Crippen LogP contribution in [0.3, 0.4) is 0 Å². The van der Waals surface area contributed by atoms with E-state index in [9.17, 15) is 23.9 Å². The molecule has 2 N–H and O–H groups in total. The minimum Gasteiger partial charge on any atom is -0.458 e. The zero-order valence-corrected chi connectivity index (χ0v) is 21.4. The number of hydrogen-bond donors (Lipinski definition) is 3. The van der Waals surface area contributed by atoms with Crippen LogP contribution >= 0.6 is 12.6 Å². The van der Waals surface area contributed by atoms with Gasteiger partial charge in [0.1, 0.15) is 12.4 Å². The maximum absolute atomic E-state index is 14.9. The molecule has 0 spiro atoms. The third-order valence-electron chi connectivity index (χ3n) is 8.05. The number of benzene rings is 1. The first kappa shape index (κ1) is 24.1. The number of fused-ring (bicyclic) bond motifs is 5. The molecule has 2 atom stereocenters. The Morgan fingerprint density at radius 2 is 2.11 bits per heavy atom. The molecule has 1 aliphatic carbocycles. The van der Waals surface area contributed by atoms with Crippen molar-refractivity contribution in [2.75, 3.05) is 5.75 Å². The summed E-state index contributed by atoms with van der Waals surface area (Å²) in [4.78, 5) is 43.5. The molecule has 2 aromatic heterocycles. The van der Waals surface area contributed by atoms with Crippen molar-refractivity contribution in [3.8, 4) is 11.4 Å². The molecule has 3 aromatic rings. The smallest absolute Gasteiger partial charge is 0.343 e. The van der Waals surface area contributed by atoms with Crippen LogP contribution in [0.25, 0.3) is 22.3 Å². The van der Waals surface area contributed by atoms with Crippen LogP contribution in [0.1, 0.15) is 65.6 Å². The van der Waals surface area contributed by atoms with Crippen molar-refractivity contribution >= 4 is 35.4 Å². The Morgan fingerprint density at radius 1 is 1.32 bits per heavy atom. The second-order valence-corrected chi connectivity index (χ2v) is 10.4. The zero-order chi connectivity index (χ0) is 26.2. The largest absolute Gasteiger partial charge is 0.458 e. The summed E-state index contributed by atoms with van der Waals surface area (Å²) in [6.45, 7) is 3.39. The molecule has 0 saturated heterocycles. The number of aliphatic hydroxyl groups is 1. The summed E-state index contributed by atoms with van der Waals surface area (Å²) < 4.78 is 21.6. The Hall–Kier alpha value is -3.24. The summed E-state index contributed by atoms with van der Waals surface area (Å²) >= 11 is 4.17. The number of rotatable bonds is 4. The first-order valence-corrected chi connectivity index (χ1v) is 13.0. The minimum absolute atomic E-state index is 0.0398. The lowest BCUT2D eigenvalue weighted by Gasteiger charge is -2.31. The molecule has 0 radical (unpaired) electrons. The molecule has 8 nitrogen and oxygen atoms in total. The molecule has 37 heavy (non-hydrogen) atoms. The van der Waals surface area contributed by atoms with Crippen LogP contribution in [0.2, 0.25) is 0 Å². The van der Waals surface area contributed by atoms with Gasteiger partial charge in [-0.15, -0.1) is 0 Å². The van der Waals surface area contributed by atoms with Gasteiger partial charge in [-0.05, 0) is 54.7 Å². The Labute approximate surface area is 217 Å². The molecule has 0 unspecified atom stereocenters. The molecule has 0 bridgehead atoms. The highest BCUT2D eigenvalue weighted by molar-refractivity contribution is 7.80. The van der Waals surface area contributed by atoms with Gasteiger partial charge in [0.2, 0.25) is 5.91 Å². The van der Waals surface area contributed by atoms with Gasteiger partial charge in [-0.3, -0.25) is 9.59 Å². The molecule has 1 amide bonds. The third kappa shape index (κ3) is 3.31. The molecular formula is C27H26FN3O5S. The van der Waals surface area contributed by atoms with Crippen molar-refractivity contribution in [1.29, 1.82) is 0 Å². The number of amides is 1. The summed E-state index contributed by atoms with van der Waals surface area (Å²) in [5.41, 5.74) is 2.59. The molecule has 3 aliphatic rings. The fourth-order valence-corrected chi connectivity index (χ4v) is 6.27. The number of nitrogens with zero attached hydrogens (tertiary/aromatic N) is 2. The van der Waals surface area contributed by atoms with E-state index in [0.717, 1.165) is 22.1 Å². The molecule has 1 aromatic carbocycles. The zero-order valence-electron chi connectivity index (χ0n) is 20.5. The van der Waals surface area contributed by atoms with Crippen LogP contribution in [-0.4, -0.2) is 32.3 Å². The van der Waals surface area contributed by atoms with Gasteiger partial charge in [0, 0.05) is 29.0 Å². The molecule has 0 saturated carbocycles. The maximum atomic E-state index is 14.9. The van der Waals surface area contributed by atoms with Crippen molar-refractivity contribution in [2.45, 2.75) is 64.3 Å². The Bertz CT molecular complexity index is 1600. The number of nitrogens with one attached hydrogen (secondary N) is 1. The molecule has 2 aliphatic heterocycles. The summed E-state index contributed by atoms with van der Waals surface area (Å²) in [7, 11) is 0. The van der Waals surface area contributed by atoms with Gasteiger partial charge in [-0.25, -0.2) is 14.2 Å². The first-order chi connectivity index (χ1) is 17.7. The number of aromatic nitrogens is 2. The first-order valence-electron chi connectivity index (χ1n) is 12.4. The van der Waals surface area contributed by atoms with E-state index in [2.05, 4.69) is 17.9 Å². The van der Waals surface area contributed by atoms with Crippen molar-refractivity contribution in [3.63, 3.8) is 0 Å². The number of cyclic esters (lactones) is 1. The van der Waals surface area contributed by atoms with Crippen LogP contribution in [0.4, 0.5) is 4.39 Å². The van der Waals surface area contributed by atoms with Crippen LogP contribution in [0.15, 0.2) is 16.9 Å². The van der Waals surface area contributed by atoms with Crippen molar-refractivity contribution < 1.29 is 23.8 Å². The van der Waals surface area contributed by atoms with E-state index in [1.807, 2.05) is 0 Å². The van der Waals surface area contributed by atoms with Gasteiger partial charge in [0.15, 0.2) is 5.60 Å². The topological polar surface area (TPSA) is 111 Å². The number of carbonyl (C=O) groups is 2. The van der Waals surface area contributed by atoms with Crippen LogP contribution in [-0.2, 0) is 39.5 Å². The molecule has 10 heteroatoms. The molecule has 192 valence electrons. The van der Waals surface area contributed by atoms with Crippen molar-refractivity contribution in [1.82, 2.24) is 14.9 Å². The number of esters is 1. The number of hydrogen-bond acceptors (Lipinski definition) is 7. The fourth-order valence-electron chi connectivity index (χ4n) is 6.07. The number of aryl methyl sites for hydroxylation is 1. The van der Waals surface area contributed by atoms with Gasteiger partial charge in [0.05, 0.1) is 35.1 Å². The lowest BCUT2D eigenvalue weighted by Crippen LogP contribution is -2.44. The molecule has 6 rings (SSSR count). The second-order valence-electron chi connectivity index (χ2n) is 9.94. The predicted molar refractivity (Wildman–Crippen MR) is 137 cm³/mol. The average Bonchev–Trinajstić information content (AvgIpc) is 3.24. The van der Waals surface area contributed by atoms with Gasteiger partial charge in [-0.2, -0.15) is 12.6 Å². The quantitative estimate of drug-likeness (QED) is 0.280. The third-order valence-corrected chi connectivity index (χ3v) is 8.28. The van der Waals surface area contributed by atoms with E-state index in [-0.39, 0.29) is 60.4 Å². The summed E-state index contributed by atoms with van der Waals surface area (Å²) in [6, 6.07) is 2.71. The maximum Gasteiger partial charge on any atom is 0.343 e. The van der Waals surface area contributed by atoms with Crippen LogP contribution in [0, 0.1) is 12.7 Å². The molecule has 4 heterocycles. The van der Waals surface area contributed by atoms with Gasteiger partial charge in [0.25, 0.3) is 5.56 Å². The minimum atomic E-state index is -1.93. The lowest BCUT2D eigenvalue weighted by molar-refractivity contribution is -0.172. The Kier molecular flexibility index (Phi) is 5.47. The van der Waals surface area contributed by atoms with Gasteiger partial charge >= 0.3 is 5.97 Å². The Balaban J connectivity index is 1.63. The number of thiol groups is 1. The number of carbonyl (C=O) groups excluding carboxylic acids is 2. The highest BCUT2D eigenvalue weighted by atomic mass is 32.1.